The Morgan fingerprint density at radius 1 is 1.50 bits per heavy atom. The van der Waals surface area contributed by atoms with Crippen LogP contribution in [0.15, 0.2) is 12.4 Å². The molecule has 1 aromatic rings. The first kappa shape index (κ1) is 13.2. The van der Waals surface area contributed by atoms with Gasteiger partial charge in [0.25, 0.3) is 0 Å². The summed E-state index contributed by atoms with van der Waals surface area (Å²) < 4.78 is 13.8. The molecule has 0 aliphatic carbocycles. The Balaban J connectivity index is 2.52. The van der Waals surface area contributed by atoms with Gasteiger partial charge in [0.05, 0.1) is 12.9 Å². The number of aryl methyl sites for hydroxylation is 1. The van der Waals surface area contributed by atoms with Crippen LogP contribution in [0.5, 0.6) is 0 Å². The van der Waals surface area contributed by atoms with Gasteiger partial charge in [0, 0.05) is 24.3 Å². The van der Waals surface area contributed by atoms with Crippen LogP contribution in [0.1, 0.15) is 44.7 Å². The van der Waals surface area contributed by atoms with Crippen molar-refractivity contribution in [3.63, 3.8) is 0 Å². The van der Waals surface area contributed by atoms with E-state index >= 15 is 0 Å². The normalized spacial score (nSPS) is 12.9. The molecule has 3 nitrogen and oxygen atoms in total. The topological polar surface area (TPSA) is 29.9 Å². The van der Waals surface area contributed by atoms with E-state index in [2.05, 4.69) is 24.3 Å². The lowest BCUT2D eigenvalue weighted by Crippen LogP contribution is -2.21. The van der Waals surface area contributed by atoms with Gasteiger partial charge in [-0.15, -0.1) is 0 Å². The van der Waals surface area contributed by atoms with Crippen molar-refractivity contribution in [2.45, 2.75) is 45.7 Å². The van der Waals surface area contributed by atoms with Gasteiger partial charge in [0.2, 0.25) is 0 Å². The zero-order valence-corrected chi connectivity index (χ0v) is 10.2. The van der Waals surface area contributed by atoms with E-state index in [-0.39, 0.29) is 6.67 Å². The summed E-state index contributed by atoms with van der Waals surface area (Å²) in [4.78, 5) is 0. The third kappa shape index (κ3) is 3.93. The maximum atomic E-state index is 12.0. The molecule has 0 amide bonds. The van der Waals surface area contributed by atoms with E-state index in [0.717, 1.165) is 19.4 Å². The fraction of sp³-hybridized carbons (Fsp3) is 0.750. The van der Waals surface area contributed by atoms with Crippen LogP contribution in [0.2, 0.25) is 0 Å². The van der Waals surface area contributed by atoms with Crippen LogP contribution in [-0.4, -0.2) is 23.0 Å². The Morgan fingerprint density at radius 3 is 2.94 bits per heavy atom. The largest absolute Gasteiger partial charge is 0.310 e. The summed E-state index contributed by atoms with van der Waals surface area (Å²) in [5.41, 5.74) is 1.20. The van der Waals surface area contributed by atoms with Gasteiger partial charge in [0.1, 0.15) is 0 Å². The standard InChI is InChI=1S/C12H22FN3/c1-3-7-14-12(4-2)11-9-15-16(10-11)8-5-6-13/h9-10,12,14H,3-8H2,1-2H3. The first-order valence-electron chi connectivity index (χ1n) is 6.13. The number of nitrogens with one attached hydrogen (secondary N) is 1. The smallest absolute Gasteiger partial charge is 0.0912 e. The van der Waals surface area contributed by atoms with E-state index in [9.17, 15) is 4.39 Å². The Kier molecular flexibility index (Phi) is 6.08. The number of alkyl halides is 1. The molecule has 0 fully saturated rings. The van der Waals surface area contributed by atoms with Gasteiger partial charge in [-0.1, -0.05) is 13.8 Å². The van der Waals surface area contributed by atoms with Crippen molar-refractivity contribution in [3.8, 4) is 0 Å². The Hall–Kier alpha value is -0.900. The lowest BCUT2D eigenvalue weighted by Gasteiger charge is -2.14. The van der Waals surface area contributed by atoms with Crippen molar-refractivity contribution in [1.29, 1.82) is 0 Å². The van der Waals surface area contributed by atoms with Gasteiger partial charge >= 0.3 is 0 Å². The molecule has 0 bridgehead atoms. The van der Waals surface area contributed by atoms with Crippen molar-refractivity contribution in [2.24, 2.45) is 0 Å². The van der Waals surface area contributed by atoms with Crippen molar-refractivity contribution in [2.75, 3.05) is 13.2 Å². The Morgan fingerprint density at radius 2 is 2.31 bits per heavy atom. The quantitative estimate of drug-likeness (QED) is 0.740. The SMILES string of the molecule is CCCNC(CC)c1cnn(CCCF)c1. The fourth-order valence-corrected chi connectivity index (χ4v) is 1.72. The van der Waals surface area contributed by atoms with Crippen LogP contribution in [0, 0.1) is 0 Å². The lowest BCUT2D eigenvalue weighted by atomic mass is 10.1. The van der Waals surface area contributed by atoms with E-state index in [1.54, 1.807) is 0 Å². The number of aromatic nitrogens is 2. The fourth-order valence-electron chi connectivity index (χ4n) is 1.72. The lowest BCUT2D eigenvalue weighted by molar-refractivity contribution is 0.434. The zero-order chi connectivity index (χ0) is 11.8. The number of hydrogen-bond donors (Lipinski definition) is 1. The molecular formula is C12H22FN3. The highest BCUT2D eigenvalue weighted by Crippen LogP contribution is 2.15. The molecule has 0 saturated carbocycles. The van der Waals surface area contributed by atoms with Crippen molar-refractivity contribution >= 4 is 0 Å². The molecule has 1 atom stereocenters. The molecule has 92 valence electrons. The van der Waals surface area contributed by atoms with Crippen molar-refractivity contribution in [3.05, 3.63) is 18.0 Å². The predicted octanol–water partition coefficient (Wildman–Crippen LogP) is 2.69. The third-order valence-corrected chi connectivity index (χ3v) is 2.63. The maximum Gasteiger partial charge on any atom is 0.0912 e. The highest BCUT2D eigenvalue weighted by Gasteiger charge is 2.10. The molecule has 1 unspecified atom stereocenters. The second-order valence-corrected chi connectivity index (χ2v) is 3.99. The molecule has 4 heteroatoms. The van der Waals surface area contributed by atoms with Gasteiger partial charge < -0.3 is 5.32 Å². The molecule has 1 N–H and O–H groups in total. The van der Waals surface area contributed by atoms with Crippen molar-refractivity contribution in [1.82, 2.24) is 15.1 Å². The number of rotatable bonds is 8. The van der Waals surface area contributed by atoms with Crippen LogP contribution >= 0.6 is 0 Å². The summed E-state index contributed by atoms with van der Waals surface area (Å²) in [6, 6.07) is 0.374. The van der Waals surface area contributed by atoms with Crippen LogP contribution in [0.3, 0.4) is 0 Å². The van der Waals surface area contributed by atoms with Gasteiger partial charge in [-0.3, -0.25) is 9.07 Å². The second-order valence-electron chi connectivity index (χ2n) is 3.99. The van der Waals surface area contributed by atoms with Gasteiger partial charge in [-0.2, -0.15) is 5.10 Å². The average molecular weight is 227 g/mol. The summed E-state index contributed by atoms with van der Waals surface area (Å²) in [6.07, 6.45) is 6.63. The summed E-state index contributed by atoms with van der Waals surface area (Å²) in [5.74, 6) is 0. The predicted molar refractivity (Wildman–Crippen MR) is 64.1 cm³/mol. The Bertz CT molecular complexity index is 286. The molecule has 0 radical (unpaired) electrons. The molecule has 16 heavy (non-hydrogen) atoms. The average Bonchev–Trinajstić information content (AvgIpc) is 2.76. The van der Waals surface area contributed by atoms with Gasteiger partial charge in [-0.25, -0.2) is 0 Å². The molecule has 1 heterocycles. The molecule has 1 rings (SSSR count). The van der Waals surface area contributed by atoms with Crippen LogP contribution < -0.4 is 5.32 Å². The molecule has 0 aliphatic rings. The number of nitrogens with zero attached hydrogens (tertiary/aromatic N) is 2. The van der Waals surface area contributed by atoms with Gasteiger partial charge in [0.15, 0.2) is 0 Å². The van der Waals surface area contributed by atoms with Crippen LogP contribution in [0.4, 0.5) is 4.39 Å². The minimum absolute atomic E-state index is 0.277. The third-order valence-electron chi connectivity index (χ3n) is 2.63. The van der Waals surface area contributed by atoms with Gasteiger partial charge in [-0.05, 0) is 25.8 Å². The highest BCUT2D eigenvalue weighted by atomic mass is 19.1. The summed E-state index contributed by atoms with van der Waals surface area (Å²) in [6.45, 7) is 5.73. The zero-order valence-electron chi connectivity index (χ0n) is 10.2. The van der Waals surface area contributed by atoms with Crippen LogP contribution in [0.25, 0.3) is 0 Å². The maximum absolute atomic E-state index is 12.0. The number of halogens is 1. The Labute approximate surface area is 97.0 Å². The molecule has 0 aromatic carbocycles. The minimum Gasteiger partial charge on any atom is -0.310 e. The van der Waals surface area contributed by atoms with E-state index in [4.69, 9.17) is 0 Å². The minimum atomic E-state index is -0.277. The molecule has 0 spiro atoms. The first-order valence-corrected chi connectivity index (χ1v) is 6.13. The van der Waals surface area contributed by atoms with E-state index in [1.165, 1.54) is 5.56 Å². The summed E-state index contributed by atoms with van der Waals surface area (Å²) in [5, 5.41) is 7.72. The van der Waals surface area contributed by atoms with Crippen molar-refractivity contribution < 1.29 is 4.39 Å². The van der Waals surface area contributed by atoms with E-state index in [1.807, 2.05) is 17.1 Å². The molecular weight excluding hydrogens is 205 g/mol. The summed E-state index contributed by atoms with van der Waals surface area (Å²) >= 11 is 0. The monoisotopic (exact) mass is 227 g/mol. The highest BCUT2D eigenvalue weighted by molar-refractivity contribution is 5.10. The van der Waals surface area contributed by atoms with Crippen LogP contribution in [-0.2, 0) is 6.54 Å². The summed E-state index contributed by atoms with van der Waals surface area (Å²) in [7, 11) is 0. The second kappa shape index (κ2) is 7.39. The molecule has 1 aromatic heterocycles. The molecule has 0 saturated heterocycles. The first-order chi connectivity index (χ1) is 7.81. The van der Waals surface area contributed by atoms with E-state index < -0.39 is 0 Å². The number of hydrogen-bond acceptors (Lipinski definition) is 2. The molecule has 0 aliphatic heterocycles. The van der Waals surface area contributed by atoms with E-state index in [0.29, 0.717) is 19.0 Å².